The number of ether oxygens (including phenoxy) is 1. The molecular weight excluding hydrogens is 398 g/mol. The van der Waals surface area contributed by atoms with Crippen LogP contribution in [-0.2, 0) is 17.8 Å². The zero-order chi connectivity index (χ0) is 22.8. The van der Waals surface area contributed by atoms with Crippen molar-refractivity contribution in [1.29, 1.82) is 0 Å². The Labute approximate surface area is 192 Å². The van der Waals surface area contributed by atoms with Gasteiger partial charge in [-0.05, 0) is 55.4 Å². The van der Waals surface area contributed by atoms with Gasteiger partial charge in [0.1, 0.15) is 11.6 Å². The van der Waals surface area contributed by atoms with Crippen LogP contribution in [0.1, 0.15) is 70.2 Å². The second kappa shape index (κ2) is 12.3. The quantitative estimate of drug-likeness (QED) is 0.342. The van der Waals surface area contributed by atoms with Gasteiger partial charge in [-0.1, -0.05) is 51.1 Å². The predicted molar refractivity (Wildman–Crippen MR) is 131 cm³/mol. The van der Waals surface area contributed by atoms with Crippen molar-refractivity contribution in [2.45, 2.75) is 71.8 Å². The Hall–Kier alpha value is -2.82. The molecule has 0 aliphatic rings. The molecule has 0 spiro atoms. The maximum atomic E-state index is 11.7. The summed E-state index contributed by atoms with van der Waals surface area (Å²) in [7, 11) is 0. The molecule has 5 heteroatoms. The number of carbonyl (C=O) groups excluding carboxylic acids is 1. The summed E-state index contributed by atoms with van der Waals surface area (Å²) in [5, 5.41) is 3.00. The lowest BCUT2D eigenvalue weighted by Crippen LogP contribution is -2.24. The number of carbonyl (C=O) groups is 1. The topological polar surface area (TPSA) is 56.2 Å². The van der Waals surface area contributed by atoms with Crippen molar-refractivity contribution in [3.63, 3.8) is 0 Å². The number of rotatable bonds is 13. The lowest BCUT2D eigenvalue weighted by atomic mass is 10.0. The molecule has 0 fully saturated rings. The molecule has 0 bridgehead atoms. The number of aryl methyl sites for hydroxylation is 2. The number of nitrogens with zero attached hydrogens (tertiary/aromatic N) is 2. The molecule has 0 saturated heterocycles. The largest absolute Gasteiger partial charge is 0.493 e. The van der Waals surface area contributed by atoms with Crippen LogP contribution < -0.4 is 10.1 Å². The summed E-state index contributed by atoms with van der Waals surface area (Å²) in [5.41, 5.74) is 3.49. The second-order valence-electron chi connectivity index (χ2n) is 8.62. The molecule has 5 nitrogen and oxygen atoms in total. The van der Waals surface area contributed by atoms with E-state index >= 15 is 0 Å². The SMILES string of the molecule is CCCC(=O)NCCCc1nc2ccccc2n1CCCCOc1ccccc1C(C)C. The Balaban J connectivity index is 1.53. The summed E-state index contributed by atoms with van der Waals surface area (Å²) >= 11 is 0. The minimum atomic E-state index is 0.139. The number of aromatic nitrogens is 2. The minimum Gasteiger partial charge on any atom is -0.493 e. The van der Waals surface area contributed by atoms with Gasteiger partial charge in [-0.3, -0.25) is 4.79 Å². The van der Waals surface area contributed by atoms with E-state index in [9.17, 15) is 4.79 Å². The van der Waals surface area contributed by atoms with Gasteiger partial charge in [-0.15, -0.1) is 0 Å². The molecule has 1 amide bonds. The zero-order valence-corrected chi connectivity index (χ0v) is 19.8. The molecule has 0 aliphatic heterocycles. The number of nitrogens with one attached hydrogen (secondary N) is 1. The Morgan fingerprint density at radius 3 is 2.66 bits per heavy atom. The van der Waals surface area contributed by atoms with Crippen molar-refractivity contribution < 1.29 is 9.53 Å². The molecule has 3 rings (SSSR count). The molecule has 172 valence electrons. The lowest BCUT2D eigenvalue weighted by Gasteiger charge is -2.14. The number of unbranched alkanes of at least 4 members (excludes halogenated alkanes) is 1. The molecule has 0 unspecified atom stereocenters. The third-order valence-corrected chi connectivity index (χ3v) is 5.68. The molecule has 0 atom stereocenters. The van der Waals surface area contributed by atoms with Crippen LogP contribution in [0.3, 0.4) is 0 Å². The van der Waals surface area contributed by atoms with Crippen LogP contribution in [0.5, 0.6) is 5.75 Å². The molecule has 2 aromatic carbocycles. The van der Waals surface area contributed by atoms with E-state index in [1.807, 2.05) is 19.1 Å². The van der Waals surface area contributed by atoms with Gasteiger partial charge in [0.05, 0.1) is 17.6 Å². The third kappa shape index (κ3) is 6.59. The molecule has 0 saturated carbocycles. The Bertz CT molecular complexity index is 993. The average Bonchev–Trinajstić information content (AvgIpc) is 3.14. The van der Waals surface area contributed by atoms with Crippen LogP contribution in [0.25, 0.3) is 11.0 Å². The van der Waals surface area contributed by atoms with E-state index in [-0.39, 0.29) is 5.91 Å². The van der Waals surface area contributed by atoms with E-state index in [2.05, 4.69) is 60.1 Å². The molecule has 1 N–H and O–H groups in total. The van der Waals surface area contributed by atoms with E-state index < -0.39 is 0 Å². The molecule has 32 heavy (non-hydrogen) atoms. The summed E-state index contributed by atoms with van der Waals surface area (Å²) in [6, 6.07) is 16.6. The van der Waals surface area contributed by atoms with Crippen LogP contribution in [0.4, 0.5) is 0 Å². The molecule has 3 aromatic rings. The minimum absolute atomic E-state index is 0.139. The first-order valence-corrected chi connectivity index (χ1v) is 12.0. The summed E-state index contributed by atoms with van der Waals surface area (Å²) < 4.78 is 8.43. The van der Waals surface area contributed by atoms with E-state index in [1.165, 1.54) is 11.1 Å². The van der Waals surface area contributed by atoms with Crippen molar-refractivity contribution in [1.82, 2.24) is 14.9 Å². The fourth-order valence-electron chi connectivity index (χ4n) is 4.00. The van der Waals surface area contributed by atoms with E-state index in [1.54, 1.807) is 0 Å². The normalized spacial score (nSPS) is 11.2. The summed E-state index contributed by atoms with van der Waals surface area (Å²) in [6.07, 6.45) is 5.26. The van der Waals surface area contributed by atoms with Crippen LogP contribution >= 0.6 is 0 Å². The fraction of sp³-hybridized carbons (Fsp3) is 0.481. The van der Waals surface area contributed by atoms with Crippen molar-refractivity contribution >= 4 is 16.9 Å². The molecule has 0 radical (unpaired) electrons. The van der Waals surface area contributed by atoms with Gasteiger partial charge in [0.15, 0.2) is 0 Å². The summed E-state index contributed by atoms with van der Waals surface area (Å²) in [4.78, 5) is 16.5. The predicted octanol–water partition coefficient (Wildman–Crippen LogP) is 5.87. The second-order valence-corrected chi connectivity index (χ2v) is 8.62. The van der Waals surface area contributed by atoms with Gasteiger partial charge >= 0.3 is 0 Å². The summed E-state index contributed by atoms with van der Waals surface area (Å²) in [5.74, 6) is 2.70. The third-order valence-electron chi connectivity index (χ3n) is 5.68. The van der Waals surface area contributed by atoms with Crippen molar-refractivity contribution in [3.05, 3.63) is 59.9 Å². The van der Waals surface area contributed by atoms with E-state index in [4.69, 9.17) is 9.72 Å². The number of hydrogen-bond acceptors (Lipinski definition) is 3. The molecule has 1 aromatic heterocycles. The molecule has 1 heterocycles. The van der Waals surface area contributed by atoms with Crippen molar-refractivity contribution in [2.24, 2.45) is 0 Å². The van der Waals surface area contributed by atoms with Crippen molar-refractivity contribution in [2.75, 3.05) is 13.2 Å². The molecular formula is C27H37N3O2. The maximum absolute atomic E-state index is 11.7. The fourth-order valence-corrected chi connectivity index (χ4v) is 4.00. The highest BCUT2D eigenvalue weighted by Crippen LogP contribution is 2.26. The number of para-hydroxylation sites is 3. The highest BCUT2D eigenvalue weighted by Gasteiger charge is 2.11. The van der Waals surface area contributed by atoms with Crippen LogP contribution in [0.2, 0.25) is 0 Å². The van der Waals surface area contributed by atoms with E-state index in [0.717, 1.165) is 62.3 Å². The Morgan fingerprint density at radius 1 is 1.06 bits per heavy atom. The monoisotopic (exact) mass is 435 g/mol. The first-order chi connectivity index (χ1) is 15.6. The van der Waals surface area contributed by atoms with Gasteiger partial charge in [0.2, 0.25) is 5.91 Å². The lowest BCUT2D eigenvalue weighted by molar-refractivity contribution is -0.121. The van der Waals surface area contributed by atoms with Gasteiger partial charge in [-0.25, -0.2) is 4.98 Å². The standard InChI is InChI=1S/C27H37N3O2/c1-4-12-27(31)28-18-11-17-26-29-23-14-6-7-15-24(23)30(26)19-9-10-20-32-25-16-8-5-13-22(25)21(2)3/h5-8,13-16,21H,4,9-12,17-20H2,1-3H3,(H,28,31). The Morgan fingerprint density at radius 2 is 1.84 bits per heavy atom. The molecule has 0 aliphatic carbocycles. The Kier molecular flexibility index (Phi) is 9.14. The van der Waals surface area contributed by atoms with Crippen LogP contribution in [0, 0.1) is 0 Å². The highest BCUT2D eigenvalue weighted by molar-refractivity contribution is 5.76. The number of benzene rings is 2. The average molecular weight is 436 g/mol. The van der Waals surface area contributed by atoms with Gasteiger partial charge in [0, 0.05) is 25.9 Å². The highest BCUT2D eigenvalue weighted by atomic mass is 16.5. The summed E-state index contributed by atoms with van der Waals surface area (Å²) in [6.45, 7) is 8.76. The zero-order valence-electron chi connectivity index (χ0n) is 19.8. The van der Waals surface area contributed by atoms with Gasteiger partial charge in [0.25, 0.3) is 0 Å². The first kappa shape index (κ1) is 23.8. The van der Waals surface area contributed by atoms with E-state index in [0.29, 0.717) is 18.9 Å². The van der Waals surface area contributed by atoms with Gasteiger partial charge in [-0.2, -0.15) is 0 Å². The smallest absolute Gasteiger partial charge is 0.219 e. The number of imidazole rings is 1. The number of amides is 1. The van der Waals surface area contributed by atoms with Gasteiger partial charge < -0.3 is 14.6 Å². The van der Waals surface area contributed by atoms with Crippen molar-refractivity contribution in [3.8, 4) is 5.75 Å². The van der Waals surface area contributed by atoms with Crippen LogP contribution in [-0.4, -0.2) is 28.6 Å². The number of fused-ring (bicyclic) bond motifs is 1. The first-order valence-electron chi connectivity index (χ1n) is 12.0. The number of hydrogen-bond donors (Lipinski definition) is 1. The maximum Gasteiger partial charge on any atom is 0.219 e. The van der Waals surface area contributed by atoms with Crippen LogP contribution in [0.15, 0.2) is 48.5 Å².